The monoisotopic (exact) mass is 268 g/mol. The van der Waals surface area contributed by atoms with Gasteiger partial charge in [-0.25, -0.2) is 8.78 Å². The predicted octanol–water partition coefficient (Wildman–Crippen LogP) is 2.91. The van der Waals surface area contributed by atoms with E-state index in [2.05, 4.69) is 11.8 Å². The van der Waals surface area contributed by atoms with Crippen molar-refractivity contribution in [1.29, 1.82) is 0 Å². The lowest BCUT2D eigenvalue weighted by Crippen LogP contribution is -2.46. The van der Waals surface area contributed by atoms with Crippen LogP contribution in [0, 0.1) is 17.6 Å². The summed E-state index contributed by atoms with van der Waals surface area (Å²) < 4.78 is 27.4. The number of hydrogen-bond donors (Lipinski definition) is 1. The Hall–Kier alpha value is -1.00. The highest BCUT2D eigenvalue weighted by Crippen LogP contribution is 2.27. The van der Waals surface area contributed by atoms with Crippen LogP contribution in [0.4, 0.5) is 8.78 Å². The van der Waals surface area contributed by atoms with Crippen LogP contribution in [-0.2, 0) is 6.54 Å². The standard InChI is InChI=1S/C15H22F2N2/c1-2-11-6-7-19(12(8-11)9-18)10-13-14(16)4-3-5-15(13)17/h3-5,11-12H,2,6-10,18H2,1H3. The third kappa shape index (κ3) is 3.31. The van der Waals surface area contributed by atoms with E-state index in [1.165, 1.54) is 18.2 Å². The van der Waals surface area contributed by atoms with E-state index >= 15 is 0 Å². The van der Waals surface area contributed by atoms with Crippen LogP contribution in [0.15, 0.2) is 18.2 Å². The van der Waals surface area contributed by atoms with Crippen LogP contribution < -0.4 is 5.73 Å². The van der Waals surface area contributed by atoms with Crippen molar-refractivity contribution in [1.82, 2.24) is 4.90 Å². The molecule has 1 aliphatic heterocycles. The molecule has 2 rings (SSSR count). The molecule has 2 N–H and O–H groups in total. The number of nitrogens with zero attached hydrogens (tertiary/aromatic N) is 1. The van der Waals surface area contributed by atoms with Crippen LogP contribution in [0.1, 0.15) is 31.7 Å². The Labute approximate surface area is 113 Å². The SMILES string of the molecule is CCC1CCN(Cc2c(F)cccc2F)C(CN)C1. The smallest absolute Gasteiger partial charge is 0.130 e. The van der Waals surface area contributed by atoms with E-state index < -0.39 is 11.6 Å². The Morgan fingerprint density at radius 1 is 1.32 bits per heavy atom. The fourth-order valence-corrected chi connectivity index (χ4v) is 2.89. The van der Waals surface area contributed by atoms with Crippen molar-refractivity contribution < 1.29 is 8.78 Å². The van der Waals surface area contributed by atoms with E-state index in [1.54, 1.807) is 0 Å². The maximum atomic E-state index is 13.7. The minimum Gasteiger partial charge on any atom is -0.329 e. The van der Waals surface area contributed by atoms with E-state index in [0.717, 1.165) is 25.8 Å². The van der Waals surface area contributed by atoms with Gasteiger partial charge in [-0.2, -0.15) is 0 Å². The van der Waals surface area contributed by atoms with Gasteiger partial charge in [-0.1, -0.05) is 19.4 Å². The maximum Gasteiger partial charge on any atom is 0.130 e. The van der Waals surface area contributed by atoms with Gasteiger partial charge in [0.1, 0.15) is 11.6 Å². The lowest BCUT2D eigenvalue weighted by atomic mass is 9.88. The zero-order valence-electron chi connectivity index (χ0n) is 11.4. The summed E-state index contributed by atoms with van der Waals surface area (Å²) >= 11 is 0. The molecule has 0 bridgehead atoms. The fourth-order valence-electron chi connectivity index (χ4n) is 2.89. The molecule has 19 heavy (non-hydrogen) atoms. The normalized spacial score (nSPS) is 24.6. The molecule has 1 fully saturated rings. The van der Waals surface area contributed by atoms with Gasteiger partial charge in [-0.05, 0) is 37.4 Å². The fraction of sp³-hybridized carbons (Fsp3) is 0.600. The second kappa shape index (κ2) is 6.44. The van der Waals surface area contributed by atoms with Crippen LogP contribution in [0.5, 0.6) is 0 Å². The number of nitrogens with two attached hydrogens (primary N) is 1. The number of benzene rings is 1. The van der Waals surface area contributed by atoms with E-state index in [4.69, 9.17) is 5.73 Å². The molecule has 0 radical (unpaired) electrons. The highest BCUT2D eigenvalue weighted by molar-refractivity contribution is 5.19. The molecule has 2 unspecified atom stereocenters. The molecule has 2 atom stereocenters. The largest absolute Gasteiger partial charge is 0.329 e. The van der Waals surface area contributed by atoms with E-state index in [9.17, 15) is 8.78 Å². The molecule has 0 amide bonds. The molecule has 0 spiro atoms. The summed E-state index contributed by atoms with van der Waals surface area (Å²) in [6.45, 7) is 3.92. The Kier molecular flexibility index (Phi) is 4.88. The highest BCUT2D eigenvalue weighted by atomic mass is 19.1. The molecule has 4 heteroatoms. The summed E-state index contributed by atoms with van der Waals surface area (Å²) in [6.07, 6.45) is 3.27. The van der Waals surface area contributed by atoms with Gasteiger partial charge in [0.15, 0.2) is 0 Å². The van der Waals surface area contributed by atoms with Crippen LogP contribution in [-0.4, -0.2) is 24.0 Å². The Bertz CT molecular complexity index is 402. The van der Waals surface area contributed by atoms with Gasteiger partial charge in [0.2, 0.25) is 0 Å². The van der Waals surface area contributed by atoms with Crippen molar-refractivity contribution in [2.75, 3.05) is 13.1 Å². The second-order valence-electron chi connectivity index (χ2n) is 5.36. The summed E-state index contributed by atoms with van der Waals surface area (Å²) in [5.74, 6) is -0.239. The van der Waals surface area contributed by atoms with Crippen LogP contribution in [0.3, 0.4) is 0 Å². The first-order chi connectivity index (χ1) is 9.15. The lowest BCUT2D eigenvalue weighted by Gasteiger charge is -2.39. The van der Waals surface area contributed by atoms with Crippen LogP contribution in [0.25, 0.3) is 0 Å². The molecule has 1 aromatic rings. The first-order valence-electron chi connectivity index (χ1n) is 7.02. The average molecular weight is 268 g/mol. The number of piperidine rings is 1. The van der Waals surface area contributed by atoms with Gasteiger partial charge < -0.3 is 5.73 Å². The number of likely N-dealkylation sites (tertiary alicyclic amines) is 1. The Morgan fingerprint density at radius 2 is 2.00 bits per heavy atom. The average Bonchev–Trinajstić information content (AvgIpc) is 2.43. The first-order valence-corrected chi connectivity index (χ1v) is 7.02. The minimum atomic E-state index is -0.464. The van der Waals surface area contributed by atoms with Crippen molar-refractivity contribution >= 4 is 0 Å². The summed E-state index contributed by atoms with van der Waals surface area (Å²) in [5.41, 5.74) is 5.97. The van der Waals surface area contributed by atoms with Crippen molar-refractivity contribution in [3.05, 3.63) is 35.4 Å². The van der Waals surface area contributed by atoms with E-state index in [0.29, 0.717) is 19.0 Å². The lowest BCUT2D eigenvalue weighted by molar-refractivity contribution is 0.105. The number of rotatable bonds is 4. The van der Waals surface area contributed by atoms with Gasteiger partial charge in [0.05, 0.1) is 0 Å². The molecule has 1 heterocycles. The zero-order chi connectivity index (χ0) is 13.8. The minimum absolute atomic E-state index is 0.163. The Morgan fingerprint density at radius 3 is 2.58 bits per heavy atom. The van der Waals surface area contributed by atoms with Gasteiger partial charge in [0.25, 0.3) is 0 Å². The summed E-state index contributed by atoms with van der Waals surface area (Å²) in [7, 11) is 0. The van der Waals surface area contributed by atoms with Gasteiger partial charge in [0, 0.05) is 24.7 Å². The molecule has 1 saturated heterocycles. The number of halogens is 2. The van der Waals surface area contributed by atoms with Crippen molar-refractivity contribution in [2.24, 2.45) is 11.7 Å². The molecule has 1 aromatic carbocycles. The number of hydrogen-bond acceptors (Lipinski definition) is 2. The van der Waals surface area contributed by atoms with Crippen LogP contribution >= 0.6 is 0 Å². The molecule has 2 nitrogen and oxygen atoms in total. The summed E-state index contributed by atoms with van der Waals surface area (Å²) in [5, 5.41) is 0. The van der Waals surface area contributed by atoms with Gasteiger partial charge in [-0.3, -0.25) is 4.90 Å². The molecule has 1 aliphatic rings. The Balaban J connectivity index is 2.10. The molecule has 0 aliphatic carbocycles. The first kappa shape index (κ1) is 14.4. The van der Waals surface area contributed by atoms with Crippen molar-refractivity contribution in [2.45, 2.75) is 38.8 Å². The molecule has 106 valence electrons. The summed E-state index contributed by atoms with van der Waals surface area (Å²) in [4.78, 5) is 2.12. The highest BCUT2D eigenvalue weighted by Gasteiger charge is 2.27. The van der Waals surface area contributed by atoms with E-state index in [-0.39, 0.29) is 11.6 Å². The predicted molar refractivity (Wildman–Crippen MR) is 72.6 cm³/mol. The van der Waals surface area contributed by atoms with Gasteiger partial charge >= 0.3 is 0 Å². The summed E-state index contributed by atoms with van der Waals surface area (Å²) in [6, 6.07) is 4.26. The zero-order valence-corrected chi connectivity index (χ0v) is 11.4. The molecular weight excluding hydrogens is 246 g/mol. The van der Waals surface area contributed by atoms with Crippen LogP contribution in [0.2, 0.25) is 0 Å². The molecule has 0 aromatic heterocycles. The van der Waals surface area contributed by atoms with E-state index in [1.807, 2.05) is 0 Å². The molecular formula is C15H22F2N2. The third-order valence-corrected chi connectivity index (χ3v) is 4.22. The van der Waals surface area contributed by atoms with Crippen molar-refractivity contribution in [3.8, 4) is 0 Å². The molecule has 0 saturated carbocycles. The second-order valence-corrected chi connectivity index (χ2v) is 5.36. The van der Waals surface area contributed by atoms with Crippen molar-refractivity contribution in [3.63, 3.8) is 0 Å². The van der Waals surface area contributed by atoms with Gasteiger partial charge in [-0.15, -0.1) is 0 Å². The topological polar surface area (TPSA) is 29.3 Å². The third-order valence-electron chi connectivity index (χ3n) is 4.22. The maximum absolute atomic E-state index is 13.7. The quantitative estimate of drug-likeness (QED) is 0.909.